The minimum absolute atomic E-state index is 0.0923. The Morgan fingerprint density at radius 2 is 1.74 bits per heavy atom. The Balaban J connectivity index is 2.00. The zero-order chi connectivity index (χ0) is 24.7. The maximum atomic E-state index is 15.0. The normalized spacial score (nSPS) is 15.1. The zero-order valence-corrected chi connectivity index (χ0v) is 18.7. The van der Waals surface area contributed by atoms with Crippen molar-refractivity contribution >= 4 is 26.9 Å². The van der Waals surface area contributed by atoms with E-state index in [1.165, 1.54) is 31.4 Å². The number of nitrogens with zero attached hydrogens (tertiary/aromatic N) is 2. The van der Waals surface area contributed by atoms with Crippen molar-refractivity contribution in [1.82, 2.24) is 8.87 Å². The van der Waals surface area contributed by atoms with Crippen LogP contribution in [0.1, 0.15) is 18.4 Å². The summed E-state index contributed by atoms with van der Waals surface area (Å²) < 4.78 is 90.8. The van der Waals surface area contributed by atoms with Crippen LogP contribution in [0.5, 0.6) is 11.6 Å². The first-order valence-corrected chi connectivity index (χ1v) is 11.7. The van der Waals surface area contributed by atoms with E-state index in [4.69, 9.17) is 4.74 Å². The maximum Gasteiger partial charge on any atom is 0.491 e. The Hall–Kier alpha value is -3.12. The number of methoxy groups -OCH3 is 1. The molecule has 0 saturated carbocycles. The molecule has 0 radical (unpaired) electrons. The van der Waals surface area contributed by atoms with Gasteiger partial charge in [-0.1, -0.05) is 18.2 Å². The van der Waals surface area contributed by atoms with Crippen LogP contribution in [0.4, 0.5) is 17.6 Å². The predicted octanol–water partition coefficient (Wildman–Crippen LogP) is 4.09. The van der Waals surface area contributed by atoms with Gasteiger partial charge in [0.15, 0.2) is 11.6 Å². The monoisotopic (exact) mass is 500 g/mol. The molecule has 0 unspecified atom stereocenters. The topological polar surface area (TPSA) is 77.8 Å². The SMILES string of the molecule is COc1c(F)cc2c(cc(OC(=O)C(F)(F)F)n2S(=O)(=O)c2ccccc2)c1CN1CCCC1. The molecule has 7 nitrogen and oxygen atoms in total. The number of benzene rings is 2. The second-order valence-electron chi connectivity index (χ2n) is 7.74. The van der Waals surface area contributed by atoms with Gasteiger partial charge in [-0.3, -0.25) is 4.90 Å². The minimum Gasteiger partial charge on any atom is -0.493 e. The molecule has 182 valence electrons. The molecule has 1 aromatic heterocycles. The highest BCUT2D eigenvalue weighted by molar-refractivity contribution is 7.90. The summed E-state index contributed by atoms with van der Waals surface area (Å²) in [7, 11) is -3.34. The van der Waals surface area contributed by atoms with Crippen LogP contribution in [-0.2, 0) is 21.4 Å². The first-order chi connectivity index (χ1) is 16.0. The number of halogens is 4. The summed E-state index contributed by atoms with van der Waals surface area (Å²) in [6.07, 6.45) is -3.55. The molecule has 0 atom stereocenters. The lowest BCUT2D eigenvalue weighted by atomic mass is 10.1. The van der Waals surface area contributed by atoms with Crippen LogP contribution in [0, 0.1) is 5.82 Å². The van der Waals surface area contributed by atoms with Crippen LogP contribution in [0.15, 0.2) is 47.4 Å². The highest BCUT2D eigenvalue weighted by Gasteiger charge is 2.43. The fourth-order valence-electron chi connectivity index (χ4n) is 4.03. The van der Waals surface area contributed by atoms with Gasteiger partial charge in [0, 0.05) is 29.6 Å². The number of carbonyl (C=O) groups is 1. The summed E-state index contributed by atoms with van der Waals surface area (Å²) >= 11 is 0. The van der Waals surface area contributed by atoms with Crippen LogP contribution < -0.4 is 9.47 Å². The molecule has 2 aromatic carbocycles. The van der Waals surface area contributed by atoms with Crippen LogP contribution in [0.25, 0.3) is 10.9 Å². The number of alkyl halides is 3. The van der Waals surface area contributed by atoms with Gasteiger partial charge in [0.1, 0.15) is 0 Å². The van der Waals surface area contributed by atoms with E-state index in [9.17, 15) is 26.4 Å². The van der Waals surface area contributed by atoms with Gasteiger partial charge >= 0.3 is 12.1 Å². The van der Waals surface area contributed by atoms with Gasteiger partial charge in [0.2, 0.25) is 5.88 Å². The summed E-state index contributed by atoms with van der Waals surface area (Å²) in [4.78, 5) is 13.3. The molecule has 12 heteroatoms. The van der Waals surface area contributed by atoms with Crippen LogP contribution >= 0.6 is 0 Å². The van der Waals surface area contributed by atoms with Gasteiger partial charge in [-0.25, -0.2) is 21.6 Å². The van der Waals surface area contributed by atoms with Crippen molar-refractivity contribution in [1.29, 1.82) is 0 Å². The average molecular weight is 500 g/mol. The van der Waals surface area contributed by atoms with E-state index in [2.05, 4.69) is 4.74 Å². The van der Waals surface area contributed by atoms with Crippen LogP contribution in [0.3, 0.4) is 0 Å². The summed E-state index contributed by atoms with van der Waals surface area (Å²) in [5.41, 5.74) is -0.0351. The molecule has 34 heavy (non-hydrogen) atoms. The lowest BCUT2D eigenvalue weighted by Gasteiger charge is -2.18. The number of hydrogen-bond acceptors (Lipinski definition) is 6. The molecule has 0 amide bonds. The van der Waals surface area contributed by atoms with Gasteiger partial charge in [0.05, 0.1) is 17.5 Å². The van der Waals surface area contributed by atoms with E-state index in [1.54, 1.807) is 6.07 Å². The summed E-state index contributed by atoms with van der Waals surface area (Å²) in [5.74, 6) is -4.58. The number of fused-ring (bicyclic) bond motifs is 1. The average Bonchev–Trinajstić information content (AvgIpc) is 3.41. The molecule has 3 aromatic rings. The lowest BCUT2D eigenvalue weighted by molar-refractivity contribution is -0.190. The molecule has 4 rings (SSSR count). The Kier molecular flexibility index (Phi) is 6.30. The highest BCUT2D eigenvalue weighted by atomic mass is 32.2. The van der Waals surface area contributed by atoms with Crippen molar-refractivity contribution in [3.8, 4) is 11.6 Å². The molecule has 0 aliphatic carbocycles. The van der Waals surface area contributed by atoms with E-state index < -0.39 is 33.9 Å². The molecule has 0 N–H and O–H groups in total. The summed E-state index contributed by atoms with van der Waals surface area (Å²) in [5, 5.41) is 0.0923. The second-order valence-corrected chi connectivity index (χ2v) is 9.53. The van der Waals surface area contributed by atoms with Crippen molar-refractivity contribution in [3.05, 3.63) is 53.8 Å². The number of hydrogen-bond donors (Lipinski definition) is 0. The largest absolute Gasteiger partial charge is 0.493 e. The van der Waals surface area contributed by atoms with Crippen LogP contribution in [0.2, 0.25) is 0 Å². The standard InChI is InChI=1S/C22H20F4N2O5S/c1-32-20-16(13-27-9-5-6-10-27)15-11-19(33-21(29)22(24,25)26)28(18(15)12-17(20)23)34(30,31)14-7-3-2-4-8-14/h2-4,7-8,11-12H,5-6,9-10,13H2,1H3. The minimum atomic E-state index is -5.38. The Morgan fingerprint density at radius 3 is 2.32 bits per heavy atom. The highest BCUT2D eigenvalue weighted by Crippen LogP contribution is 2.39. The van der Waals surface area contributed by atoms with Crippen molar-refractivity contribution in [2.75, 3.05) is 20.2 Å². The predicted molar refractivity (Wildman–Crippen MR) is 114 cm³/mol. The quantitative estimate of drug-likeness (QED) is 0.375. The van der Waals surface area contributed by atoms with Crippen LogP contribution in [-0.4, -0.2) is 49.6 Å². The number of rotatable bonds is 6. The number of ether oxygens (including phenoxy) is 2. The summed E-state index contributed by atoms with van der Waals surface area (Å²) in [6, 6.07) is 8.67. The Labute approximate surface area is 192 Å². The number of carbonyl (C=O) groups excluding carboxylic acids is 1. The lowest BCUT2D eigenvalue weighted by Crippen LogP contribution is -2.29. The molecule has 1 aliphatic heterocycles. The van der Waals surface area contributed by atoms with E-state index in [-0.39, 0.29) is 33.7 Å². The zero-order valence-electron chi connectivity index (χ0n) is 17.9. The third kappa shape index (κ3) is 4.34. The fraction of sp³-hybridized carbons (Fsp3) is 0.318. The third-order valence-corrected chi connectivity index (χ3v) is 7.26. The summed E-state index contributed by atoms with van der Waals surface area (Å²) in [6.45, 7) is 1.58. The van der Waals surface area contributed by atoms with E-state index in [1.807, 2.05) is 4.90 Å². The Bertz CT molecular complexity index is 1330. The molecule has 1 aliphatic rings. The molecular formula is C22H20F4N2O5S. The van der Waals surface area contributed by atoms with Crippen molar-refractivity contribution in [2.45, 2.75) is 30.5 Å². The van der Waals surface area contributed by atoms with Crippen molar-refractivity contribution < 1.29 is 40.2 Å². The maximum absolute atomic E-state index is 15.0. The van der Waals surface area contributed by atoms with Gasteiger partial charge < -0.3 is 9.47 Å². The van der Waals surface area contributed by atoms with E-state index in [0.717, 1.165) is 25.0 Å². The van der Waals surface area contributed by atoms with E-state index in [0.29, 0.717) is 17.1 Å². The van der Waals surface area contributed by atoms with Crippen molar-refractivity contribution in [2.24, 2.45) is 0 Å². The second kappa shape index (κ2) is 8.91. The molecular weight excluding hydrogens is 480 g/mol. The fourth-order valence-corrected chi connectivity index (χ4v) is 5.47. The molecule has 0 spiro atoms. The van der Waals surface area contributed by atoms with E-state index >= 15 is 4.39 Å². The molecule has 1 saturated heterocycles. The molecule has 2 heterocycles. The number of aromatic nitrogens is 1. The molecule has 1 fully saturated rings. The first-order valence-electron chi connectivity index (χ1n) is 10.3. The first kappa shape index (κ1) is 24.0. The van der Waals surface area contributed by atoms with Gasteiger partial charge in [-0.05, 0) is 38.1 Å². The van der Waals surface area contributed by atoms with Gasteiger partial charge in [-0.15, -0.1) is 0 Å². The van der Waals surface area contributed by atoms with Crippen molar-refractivity contribution in [3.63, 3.8) is 0 Å². The van der Waals surface area contributed by atoms with Gasteiger partial charge in [0.25, 0.3) is 10.0 Å². The third-order valence-electron chi connectivity index (χ3n) is 5.54. The number of esters is 1. The number of likely N-dealkylation sites (tertiary alicyclic amines) is 1. The Morgan fingerprint density at radius 1 is 1.09 bits per heavy atom. The molecule has 0 bridgehead atoms. The van der Waals surface area contributed by atoms with Gasteiger partial charge in [-0.2, -0.15) is 13.2 Å². The smallest absolute Gasteiger partial charge is 0.491 e.